The van der Waals surface area contributed by atoms with E-state index in [-0.39, 0.29) is 12.4 Å². The molecule has 1 N–H and O–H groups in total. The maximum atomic E-state index is 13.0. The molecule has 4 nitrogen and oxygen atoms in total. The fraction of sp³-hybridized carbons (Fsp3) is 0.250. The number of imidazole rings is 1. The molecule has 0 aliphatic rings. The number of fused-ring (bicyclic) bond motifs is 1. The number of hydrogen-bond acceptors (Lipinski definition) is 3. The summed E-state index contributed by atoms with van der Waals surface area (Å²) >= 11 is 5.97. The van der Waals surface area contributed by atoms with Gasteiger partial charge in [-0.1, -0.05) is 23.7 Å². The van der Waals surface area contributed by atoms with Gasteiger partial charge in [-0.25, -0.2) is 14.4 Å². The van der Waals surface area contributed by atoms with Gasteiger partial charge in [0.15, 0.2) is 5.65 Å². The van der Waals surface area contributed by atoms with E-state index in [1.807, 2.05) is 4.57 Å². The Labute approximate surface area is 132 Å². The largest absolute Gasteiger partial charge is 0.396 e. The number of aromatic nitrogens is 3. The van der Waals surface area contributed by atoms with Crippen LogP contribution in [0.15, 0.2) is 36.5 Å². The summed E-state index contributed by atoms with van der Waals surface area (Å²) in [6.07, 6.45) is 2.77. The molecule has 0 atom stereocenters. The van der Waals surface area contributed by atoms with E-state index in [9.17, 15) is 4.39 Å². The highest BCUT2D eigenvalue weighted by Crippen LogP contribution is 2.20. The Morgan fingerprint density at radius 1 is 1.23 bits per heavy atom. The third-order valence-corrected chi connectivity index (χ3v) is 3.65. The second-order valence-electron chi connectivity index (χ2n) is 5.06. The Balaban J connectivity index is 2.00. The molecule has 3 aromatic rings. The molecular weight excluding hydrogens is 305 g/mol. The van der Waals surface area contributed by atoms with Crippen molar-refractivity contribution in [3.8, 4) is 0 Å². The first-order chi connectivity index (χ1) is 10.7. The molecule has 114 valence electrons. The molecule has 0 bridgehead atoms. The Bertz CT molecular complexity index is 786. The lowest BCUT2D eigenvalue weighted by atomic mass is 10.1. The molecule has 0 fully saturated rings. The highest BCUT2D eigenvalue weighted by molar-refractivity contribution is 6.31. The summed E-state index contributed by atoms with van der Waals surface area (Å²) in [4.78, 5) is 8.92. The van der Waals surface area contributed by atoms with Crippen LogP contribution in [-0.2, 0) is 13.0 Å². The van der Waals surface area contributed by atoms with E-state index >= 15 is 0 Å². The van der Waals surface area contributed by atoms with E-state index in [1.165, 1.54) is 12.1 Å². The summed E-state index contributed by atoms with van der Waals surface area (Å²) in [5.74, 6) is 0.566. The van der Waals surface area contributed by atoms with Crippen molar-refractivity contribution in [1.29, 1.82) is 0 Å². The van der Waals surface area contributed by atoms with Crippen molar-refractivity contribution in [1.82, 2.24) is 14.5 Å². The van der Waals surface area contributed by atoms with Crippen molar-refractivity contribution < 1.29 is 9.50 Å². The van der Waals surface area contributed by atoms with Gasteiger partial charge in [0.1, 0.15) is 17.2 Å². The lowest BCUT2D eigenvalue weighted by Gasteiger charge is -2.08. The highest BCUT2D eigenvalue weighted by Gasteiger charge is 2.12. The van der Waals surface area contributed by atoms with Crippen LogP contribution in [0, 0.1) is 5.82 Å². The second kappa shape index (κ2) is 6.42. The molecule has 3 rings (SSSR count). The quantitative estimate of drug-likeness (QED) is 0.785. The summed E-state index contributed by atoms with van der Waals surface area (Å²) in [5, 5.41) is 9.61. The highest BCUT2D eigenvalue weighted by atomic mass is 35.5. The molecule has 2 heterocycles. The van der Waals surface area contributed by atoms with Gasteiger partial charge in [0.25, 0.3) is 0 Å². The monoisotopic (exact) mass is 319 g/mol. The molecule has 0 saturated carbocycles. The van der Waals surface area contributed by atoms with Gasteiger partial charge >= 0.3 is 0 Å². The maximum absolute atomic E-state index is 13.0. The van der Waals surface area contributed by atoms with Crippen LogP contribution >= 0.6 is 11.6 Å². The summed E-state index contributed by atoms with van der Waals surface area (Å²) < 4.78 is 15.0. The van der Waals surface area contributed by atoms with E-state index in [0.29, 0.717) is 24.4 Å². The lowest BCUT2D eigenvalue weighted by molar-refractivity contribution is 0.280. The number of benzene rings is 1. The number of nitrogens with zero attached hydrogens (tertiary/aromatic N) is 3. The predicted molar refractivity (Wildman–Crippen MR) is 83.4 cm³/mol. The first kappa shape index (κ1) is 14.9. The Kier molecular flexibility index (Phi) is 4.36. The van der Waals surface area contributed by atoms with E-state index in [4.69, 9.17) is 16.7 Å². The van der Waals surface area contributed by atoms with Gasteiger partial charge in [0.05, 0.1) is 5.02 Å². The third-order valence-electron chi connectivity index (χ3n) is 3.45. The van der Waals surface area contributed by atoms with Crippen LogP contribution in [-0.4, -0.2) is 26.2 Å². The van der Waals surface area contributed by atoms with Crippen molar-refractivity contribution in [2.75, 3.05) is 6.61 Å². The van der Waals surface area contributed by atoms with Crippen LogP contribution in [0.5, 0.6) is 0 Å². The van der Waals surface area contributed by atoms with Gasteiger partial charge < -0.3 is 9.67 Å². The number of aryl methyl sites for hydroxylation is 1. The minimum atomic E-state index is -0.258. The number of halogens is 2. The molecule has 0 radical (unpaired) electrons. The van der Waals surface area contributed by atoms with Crippen LogP contribution in [0.2, 0.25) is 5.02 Å². The minimum absolute atomic E-state index is 0.100. The first-order valence-electron chi connectivity index (χ1n) is 7.03. The maximum Gasteiger partial charge on any atom is 0.160 e. The van der Waals surface area contributed by atoms with Crippen molar-refractivity contribution in [2.45, 2.75) is 19.4 Å². The molecule has 0 unspecified atom stereocenters. The smallest absolute Gasteiger partial charge is 0.160 e. The molecule has 2 aromatic heterocycles. The zero-order valence-corrected chi connectivity index (χ0v) is 12.6. The van der Waals surface area contributed by atoms with Crippen LogP contribution in [0.3, 0.4) is 0 Å². The zero-order valence-electron chi connectivity index (χ0n) is 11.8. The van der Waals surface area contributed by atoms with E-state index < -0.39 is 0 Å². The normalized spacial score (nSPS) is 11.2. The zero-order chi connectivity index (χ0) is 15.5. The lowest BCUT2D eigenvalue weighted by Crippen LogP contribution is -2.07. The Morgan fingerprint density at radius 3 is 2.73 bits per heavy atom. The minimum Gasteiger partial charge on any atom is -0.396 e. The fourth-order valence-corrected chi connectivity index (χ4v) is 2.57. The Morgan fingerprint density at radius 2 is 2.00 bits per heavy atom. The van der Waals surface area contributed by atoms with Crippen LogP contribution in [0.1, 0.15) is 17.8 Å². The fourth-order valence-electron chi connectivity index (χ4n) is 2.42. The van der Waals surface area contributed by atoms with Gasteiger partial charge in [-0.05, 0) is 30.2 Å². The molecule has 0 aliphatic carbocycles. The predicted octanol–water partition coefficient (Wildman–Crippen LogP) is 3.20. The molecule has 0 aliphatic heterocycles. The van der Waals surface area contributed by atoms with E-state index in [0.717, 1.165) is 22.6 Å². The van der Waals surface area contributed by atoms with Gasteiger partial charge in [0.2, 0.25) is 0 Å². The molecule has 1 aromatic carbocycles. The Hall–Kier alpha value is -1.98. The van der Waals surface area contributed by atoms with Crippen molar-refractivity contribution in [3.63, 3.8) is 0 Å². The topological polar surface area (TPSA) is 50.9 Å². The van der Waals surface area contributed by atoms with Crippen molar-refractivity contribution in [2.24, 2.45) is 0 Å². The molecular formula is C16H15ClFN3O. The SMILES string of the molecule is OCCCn1c(Cc2ccc(F)cc2)nc2cc(Cl)cnc21. The first-order valence-corrected chi connectivity index (χ1v) is 7.41. The molecule has 6 heteroatoms. The molecule has 0 amide bonds. The van der Waals surface area contributed by atoms with Gasteiger partial charge in [-0.15, -0.1) is 0 Å². The van der Waals surface area contributed by atoms with Gasteiger partial charge in [0, 0.05) is 25.8 Å². The van der Waals surface area contributed by atoms with Crippen LogP contribution < -0.4 is 0 Å². The number of hydrogen-bond donors (Lipinski definition) is 1. The van der Waals surface area contributed by atoms with Crippen molar-refractivity contribution in [3.05, 3.63) is 58.8 Å². The van der Waals surface area contributed by atoms with Crippen LogP contribution in [0.4, 0.5) is 4.39 Å². The summed E-state index contributed by atoms with van der Waals surface area (Å²) in [6.45, 7) is 0.724. The number of rotatable bonds is 5. The molecule has 0 saturated heterocycles. The summed E-state index contributed by atoms with van der Waals surface area (Å²) in [6, 6.07) is 8.13. The molecule has 22 heavy (non-hydrogen) atoms. The standard InChI is InChI=1S/C16H15ClFN3O/c17-12-9-14-16(19-10-12)21(6-1-7-22)15(20-14)8-11-2-4-13(18)5-3-11/h2-5,9-10,22H,1,6-8H2. The van der Waals surface area contributed by atoms with Crippen molar-refractivity contribution >= 4 is 22.8 Å². The van der Waals surface area contributed by atoms with Gasteiger partial charge in [-0.3, -0.25) is 0 Å². The average molecular weight is 320 g/mol. The summed E-state index contributed by atoms with van der Waals surface area (Å²) in [5.41, 5.74) is 2.44. The third kappa shape index (κ3) is 3.10. The average Bonchev–Trinajstić information content (AvgIpc) is 2.83. The number of aliphatic hydroxyl groups is 1. The number of pyridine rings is 1. The summed E-state index contributed by atoms with van der Waals surface area (Å²) in [7, 11) is 0. The second-order valence-corrected chi connectivity index (χ2v) is 5.49. The van der Waals surface area contributed by atoms with Crippen LogP contribution in [0.25, 0.3) is 11.2 Å². The number of aliphatic hydroxyl groups excluding tert-OH is 1. The molecule has 0 spiro atoms. The van der Waals surface area contributed by atoms with Gasteiger partial charge in [-0.2, -0.15) is 0 Å². The van der Waals surface area contributed by atoms with E-state index in [2.05, 4.69) is 9.97 Å². The van der Waals surface area contributed by atoms with E-state index in [1.54, 1.807) is 24.4 Å².